The van der Waals surface area contributed by atoms with E-state index in [0.717, 1.165) is 12.1 Å². The van der Waals surface area contributed by atoms with Gasteiger partial charge in [-0.25, -0.2) is 8.42 Å². The summed E-state index contributed by atoms with van der Waals surface area (Å²) < 4.78 is 31.1. The smallest absolute Gasteiger partial charge is 0.236 e. The van der Waals surface area contributed by atoms with E-state index in [1.165, 1.54) is 9.71 Å². The highest BCUT2D eigenvalue weighted by Crippen LogP contribution is 2.08. The molecule has 1 unspecified atom stereocenters. The number of rotatable bonds is 5. The molecule has 1 saturated heterocycles. The lowest BCUT2D eigenvalue weighted by molar-refractivity contribution is 0.0207. The summed E-state index contributed by atoms with van der Waals surface area (Å²) in [6, 6.07) is 9.36. The van der Waals surface area contributed by atoms with Crippen LogP contribution < -0.4 is 5.32 Å². The number of hydrogen-bond donors (Lipinski definition) is 1. The van der Waals surface area contributed by atoms with Crippen molar-refractivity contribution in [3.05, 3.63) is 41.3 Å². The zero-order valence-electron chi connectivity index (χ0n) is 11.5. The van der Waals surface area contributed by atoms with Crippen molar-refractivity contribution in [1.29, 1.82) is 0 Å². The van der Waals surface area contributed by atoms with E-state index in [4.69, 9.17) is 4.74 Å². The molecule has 0 bridgehead atoms. The van der Waals surface area contributed by atoms with E-state index in [-0.39, 0.29) is 6.10 Å². The lowest BCUT2D eigenvalue weighted by atomic mass is 10.2. The fourth-order valence-corrected chi connectivity index (χ4v) is 2.87. The molecule has 0 radical (unpaired) electrons. The first-order chi connectivity index (χ1) is 9.58. The number of morpholine rings is 1. The summed E-state index contributed by atoms with van der Waals surface area (Å²) >= 11 is 0. The zero-order chi connectivity index (χ0) is 14.4. The lowest BCUT2D eigenvalue weighted by Gasteiger charge is -2.26. The van der Waals surface area contributed by atoms with E-state index in [2.05, 4.69) is 5.32 Å². The standard InChI is InChI=1S/C14H20N2O3S/c1-16(12-14-11-15-8-9-19-14)20(17,18)10-7-13-5-3-2-4-6-13/h2-7,10,14-15H,8-9,11-12H2,1H3/b10-7+. The van der Waals surface area contributed by atoms with Crippen molar-refractivity contribution in [1.82, 2.24) is 9.62 Å². The number of nitrogens with zero attached hydrogens (tertiary/aromatic N) is 1. The second-order valence-electron chi connectivity index (χ2n) is 4.74. The minimum atomic E-state index is -3.41. The molecular weight excluding hydrogens is 276 g/mol. The Hall–Kier alpha value is -1.21. The van der Waals surface area contributed by atoms with Gasteiger partial charge in [-0.15, -0.1) is 0 Å². The maximum Gasteiger partial charge on any atom is 0.236 e. The first-order valence-corrected chi connectivity index (χ1v) is 8.10. The molecule has 110 valence electrons. The molecule has 1 atom stereocenters. The SMILES string of the molecule is CN(CC1CNCCO1)S(=O)(=O)/C=C/c1ccccc1. The fraction of sp³-hybridized carbons (Fsp3) is 0.429. The van der Waals surface area contributed by atoms with Crippen molar-refractivity contribution >= 4 is 16.1 Å². The monoisotopic (exact) mass is 296 g/mol. The molecule has 6 heteroatoms. The topological polar surface area (TPSA) is 58.6 Å². The van der Waals surface area contributed by atoms with E-state index in [0.29, 0.717) is 19.7 Å². The van der Waals surface area contributed by atoms with Crippen LogP contribution in [-0.4, -0.2) is 52.1 Å². The third kappa shape index (κ3) is 4.42. The predicted molar refractivity (Wildman–Crippen MR) is 79.6 cm³/mol. The van der Waals surface area contributed by atoms with Crippen molar-refractivity contribution in [3.63, 3.8) is 0 Å². The average Bonchev–Trinajstić information content (AvgIpc) is 2.47. The number of hydrogen-bond acceptors (Lipinski definition) is 4. The van der Waals surface area contributed by atoms with Gasteiger partial charge < -0.3 is 10.1 Å². The van der Waals surface area contributed by atoms with Crippen LogP contribution in [0.15, 0.2) is 35.7 Å². The van der Waals surface area contributed by atoms with Crippen LogP contribution in [0.3, 0.4) is 0 Å². The molecule has 1 aromatic rings. The highest BCUT2D eigenvalue weighted by molar-refractivity contribution is 7.92. The molecule has 5 nitrogen and oxygen atoms in total. The van der Waals surface area contributed by atoms with Crippen molar-refractivity contribution < 1.29 is 13.2 Å². The Morgan fingerprint density at radius 2 is 2.15 bits per heavy atom. The number of sulfonamides is 1. The Morgan fingerprint density at radius 1 is 1.40 bits per heavy atom. The van der Waals surface area contributed by atoms with Crippen LogP contribution in [0, 0.1) is 0 Å². The van der Waals surface area contributed by atoms with Gasteiger partial charge in [0, 0.05) is 32.1 Å². The molecule has 2 rings (SSSR count). The minimum Gasteiger partial charge on any atom is -0.374 e. The van der Waals surface area contributed by atoms with E-state index in [1.807, 2.05) is 30.3 Å². The molecule has 1 heterocycles. The van der Waals surface area contributed by atoms with E-state index >= 15 is 0 Å². The van der Waals surface area contributed by atoms with Gasteiger partial charge in [-0.2, -0.15) is 4.31 Å². The Bertz CT molecular complexity index is 537. The number of nitrogens with one attached hydrogen (secondary N) is 1. The van der Waals surface area contributed by atoms with Crippen molar-refractivity contribution in [2.45, 2.75) is 6.10 Å². The van der Waals surface area contributed by atoms with Crippen molar-refractivity contribution in [3.8, 4) is 0 Å². The quantitative estimate of drug-likeness (QED) is 0.877. The number of likely N-dealkylation sites (N-methyl/N-ethyl adjacent to an activating group) is 1. The molecular formula is C14H20N2O3S. The Labute approximate surface area is 120 Å². The van der Waals surface area contributed by atoms with Crippen LogP contribution >= 0.6 is 0 Å². The summed E-state index contributed by atoms with van der Waals surface area (Å²) in [5, 5.41) is 4.42. The molecule has 1 aromatic carbocycles. The van der Waals surface area contributed by atoms with Crippen molar-refractivity contribution in [2.24, 2.45) is 0 Å². The molecule has 1 aliphatic rings. The Balaban J connectivity index is 1.96. The van der Waals surface area contributed by atoms with Crippen LogP contribution in [0.1, 0.15) is 5.56 Å². The van der Waals surface area contributed by atoms with Gasteiger partial charge >= 0.3 is 0 Å². The molecule has 1 fully saturated rings. The molecule has 0 spiro atoms. The first kappa shape index (κ1) is 15.2. The van der Waals surface area contributed by atoms with Gasteiger partial charge in [0.15, 0.2) is 0 Å². The van der Waals surface area contributed by atoms with Gasteiger partial charge in [0.25, 0.3) is 0 Å². The number of ether oxygens (including phenoxy) is 1. The van der Waals surface area contributed by atoms with Crippen LogP contribution in [0.25, 0.3) is 6.08 Å². The third-order valence-corrected chi connectivity index (χ3v) is 4.63. The second-order valence-corrected chi connectivity index (χ2v) is 6.66. The van der Waals surface area contributed by atoms with Gasteiger partial charge in [0.1, 0.15) is 0 Å². The maximum atomic E-state index is 12.1. The Morgan fingerprint density at radius 3 is 2.80 bits per heavy atom. The van der Waals surface area contributed by atoms with Crippen molar-refractivity contribution in [2.75, 3.05) is 33.3 Å². The fourth-order valence-electron chi connectivity index (χ4n) is 1.96. The third-order valence-electron chi connectivity index (χ3n) is 3.13. The largest absolute Gasteiger partial charge is 0.374 e. The summed E-state index contributed by atoms with van der Waals surface area (Å²) in [6.07, 6.45) is 1.51. The zero-order valence-corrected chi connectivity index (χ0v) is 12.3. The number of benzene rings is 1. The molecule has 20 heavy (non-hydrogen) atoms. The minimum absolute atomic E-state index is 0.0892. The molecule has 1 N–H and O–H groups in total. The van der Waals surface area contributed by atoms with Gasteiger partial charge in [0.2, 0.25) is 10.0 Å². The maximum absolute atomic E-state index is 12.1. The van der Waals surface area contributed by atoms with Gasteiger partial charge in [0.05, 0.1) is 12.7 Å². The Kier molecular flexibility index (Phi) is 5.31. The molecule has 1 aliphatic heterocycles. The summed E-state index contributed by atoms with van der Waals surface area (Å²) in [5.74, 6) is 0. The second kappa shape index (κ2) is 6.99. The summed E-state index contributed by atoms with van der Waals surface area (Å²) in [4.78, 5) is 0. The average molecular weight is 296 g/mol. The van der Waals surface area contributed by atoms with Crippen LogP contribution in [0.5, 0.6) is 0 Å². The lowest BCUT2D eigenvalue weighted by Crippen LogP contribution is -2.45. The summed E-state index contributed by atoms with van der Waals surface area (Å²) in [6.45, 7) is 2.48. The van der Waals surface area contributed by atoms with Gasteiger partial charge in [-0.05, 0) is 11.6 Å². The van der Waals surface area contributed by atoms with Gasteiger partial charge in [-0.1, -0.05) is 30.3 Å². The highest BCUT2D eigenvalue weighted by atomic mass is 32.2. The van der Waals surface area contributed by atoms with Crippen LogP contribution in [-0.2, 0) is 14.8 Å². The van der Waals surface area contributed by atoms with E-state index in [1.54, 1.807) is 13.1 Å². The molecule has 0 saturated carbocycles. The molecule has 0 amide bonds. The summed E-state index contributed by atoms with van der Waals surface area (Å²) in [7, 11) is -1.84. The van der Waals surface area contributed by atoms with E-state index in [9.17, 15) is 8.42 Å². The van der Waals surface area contributed by atoms with E-state index < -0.39 is 10.0 Å². The first-order valence-electron chi connectivity index (χ1n) is 6.60. The van der Waals surface area contributed by atoms with Crippen LogP contribution in [0.2, 0.25) is 0 Å². The van der Waals surface area contributed by atoms with Crippen LogP contribution in [0.4, 0.5) is 0 Å². The predicted octanol–water partition coefficient (Wildman–Crippen LogP) is 0.907. The normalized spacial score (nSPS) is 20.6. The molecule has 0 aromatic heterocycles. The highest BCUT2D eigenvalue weighted by Gasteiger charge is 2.21. The van der Waals surface area contributed by atoms with Gasteiger partial charge in [-0.3, -0.25) is 0 Å². The molecule has 0 aliphatic carbocycles. The summed E-state index contributed by atoms with van der Waals surface area (Å²) in [5.41, 5.74) is 0.861.